The van der Waals surface area contributed by atoms with Gasteiger partial charge in [0.25, 0.3) is 0 Å². The summed E-state index contributed by atoms with van der Waals surface area (Å²) in [5.74, 6) is 0.994. The van der Waals surface area contributed by atoms with E-state index in [1.165, 1.54) is 12.1 Å². The van der Waals surface area contributed by atoms with Gasteiger partial charge in [-0.2, -0.15) is 0 Å². The Bertz CT molecular complexity index is 486. The number of nitrogens with one attached hydrogen (secondary N) is 1. The molecule has 1 aromatic carbocycles. The van der Waals surface area contributed by atoms with Gasteiger partial charge in [0, 0.05) is 19.2 Å². The molecule has 0 aromatic heterocycles. The molecule has 0 amide bonds. The Kier molecular flexibility index (Phi) is 2.99. The van der Waals surface area contributed by atoms with E-state index in [1.54, 1.807) is 6.07 Å². The van der Waals surface area contributed by atoms with Crippen LogP contribution in [0.4, 0.5) is 0 Å². The van der Waals surface area contributed by atoms with Gasteiger partial charge in [0.15, 0.2) is 11.5 Å². The number of ether oxygens (including phenoxy) is 2. The summed E-state index contributed by atoms with van der Waals surface area (Å²) in [6.07, 6.45) is 0. The van der Waals surface area contributed by atoms with Crippen molar-refractivity contribution in [2.24, 2.45) is 5.73 Å². The van der Waals surface area contributed by atoms with Gasteiger partial charge in [0.05, 0.1) is 4.90 Å². The third kappa shape index (κ3) is 2.11. The normalized spacial score (nSPS) is 14.1. The van der Waals surface area contributed by atoms with E-state index in [1.807, 2.05) is 0 Å². The van der Waals surface area contributed by atoms with Crippen LogP contribution in [0.5, 0.6) is 11.5 Å². The zero-order valence-corrected chi connectivity index (χ0v) is 9.29. The lowest BCUT2D eigenvalue weighted by molar-refractivity contribution is 0.174. The second kappa shape index (κ2) is 4.28. The van der Waals surface area contributed by atoms with Crippen LogP contribution in [0.2, 0.25) is 0 Å². The molecule has 0 bridgehead atoms. The highest BCUT2D eigenvalue weighted by atomic mass is 32.2. The Balaban J connectivity index is 2.27. The minimum Gasteiger partial charge on any atom is -0.454 e. The van der Waals surface area contributed by atoms with Gasteiger partial charge in [-0.3, -0.25) is 0 Å². The van der Waals surface area contributed by atoms with Crippen LogP contribution in [-0.4, -0.2) is 28.3 Å². The minimum absolute atomic E-state index is 0.120. The molecule has 1 aromatic rings. The molecule has 16 heavy (non-hydrogen) atoms. The Hall–Kier alpha value is -1.31. The maximum absolute atomic E-state index is 11.7. The van der Waals surface area contributed by atoms with Crippen molar-refractivity contribution in [1.82, 2.24) is 4.72 Å². The lowest BCUT2D eigenvalue weighted by Gasteiger charge is -2.05. The Morgan fingerprint density at radius 3 is 2.81 bits per heavy atom. The van der Waals surface area contributed by atoms with Crippen LogP contribution in [0.15, 0.2) is 23.1 Å². The molecule has 0 spiro atoms. The van der Waals surface area contributed by atoms with Gasteiger partial charge < -0.3 is 15.2 Å². The summed E-state index contributed by atoms with van der Waals surface area (Å²) in [6.45, 7) is 0.579. The maximum Gasteiger partial charge on any atom is 0.240 e. The van der Waals surface area contributed by atoms with Crippen molar-refractivity contribution < 1.29 is 17.9 Å². The first-order valence-electron chi connectivity index (χ1n) is 4.73. The average molecular weight is 244 g/mol. The van der Waals surface area contributed by atoms with Crippen LogP contribution in [0.25, 0.3) is 0 Å². The number of hydrogen-bond acceptors (Lipinski definition) is 5. The van der Waals surface area contributed by atoms with Crippen molar-refractivity contribution in [3.63, 3.8) is 0 Å². The second-order valence-corrected chi connectivity index (χ2v) is 4.97. The maximum atomic E-state index is 11.7. The molecule has 3 N–H and O–H groups in total. The number of fused-ring (bicyclic) bond motifs is 1. The fourth-order valence-corrected chi connectivity index (χ4v) is 2.38. The van der Waals surface area contributed by atoms with Crippen LogP contribution in [0.3, 0.4) is 0 Å². The van der Waals surface area contributed by atoms with Crippen LogP contribution in [0.1, 0.15) is 0 Å². The van der Waals surface area contributed by atoms with E-state index in [4.69, 9.17) is 15.2 Å². The molecule has 88 valence electrons. The number of nitrogens with two attached hydrogens (primary N) is 1. The Morgan fingerprint density at radius 1 is 1.31 bits per heavy atom. The van der Waals surface area contributed by atoms with E-state index in [9.17, 15) is 8.42 Å². The zero-order valence-electron chi connectivity index (χ0n) is 8.47. The van der Waals surface area contributed by atoms with Crippen molar-refractivity contribution in [1.29, 1.82) is 0 Å². The third-order valence-electron chi connectivity index (χ3n) is 2.09. The molecule has 2 rings (SSSR count). The van der Waals surface area contributed by atoms with Gasteiger partial charge in [0.2, 0.25) is 16.8 Å². The molecule has 7 heteroatoms. The lowest BCUT2D eigenvalue weighted by atomic mass is 10.3. The van der Waals surface area contributed by atoms with Gasteiger partial charge >= 0.3 is 0 Å². The van der Waals surface area contributed by atoms with Crippen molar-refractivity contribution in [3.8, 4) is 11.5 Å². The molecular weight excluding hydrogens is 232 g/mol. The molecule has 1 aliphatic heterocycles. The highest BCUT2D eigenvalue weighted by molar-refractivity contribution is 7.89. The summed E-state index contributed by atoms with van der Waals surface area (Å²) in [6, 6.07) is 4.47. The SMILES string of the molecule is NCCNS(=O)(=O)c1ccc2c(c1)OCO2. The Morgan fingerprint density at radius 2 is 2.06 bits per heavy atom. The predicted octanol–water partition coefficient (Wildman–Crippen LogP) is -0.348. The van der Waals surface area contributed by atoms with Crippen molar-refractivity contribution in [2.45, 2.75) is 4.90 Å². The molecule has 6 nitrogen and oxygen atoms in total. The molecule has 0 saturated heterocycles. The first-order valence-corrected chi connectivity index (χ1v) is 6.21. The van der Waals surface area contributed by atoms with Crippen LogP contribution >= 0.6 is 0 Å². The monoisotopic (exact) mass is 244 g/mol. The molecule has 0 atom stereocenters. The number of sulfonamides is 1. The number of benzene rings is 1. The largest absolute Gasteiger partial charge is 0.454 e. The van der Waals surface area contributed by atoms with Gasteiger partial charge in [-0.05, 0) is 12.1 Å². The van der Waals surface area contributed by atoms with Crippen molar-refractivity contribution in [3.05, 3.63) is 18.2 Å². The highest BCUT2D eigenvalue weighted by Crippen LogP contribution is 2.33. The molecule has 1 heterocycles. The van der Waals surface area contributed by atoms with Gasteiger partial charge in [-0.1, -0.05) is 0 Å². The van der Waals surface area contributed by atoms with Crippen LogP contribution in [-0.2, 0) is 10.0 Å². The first-order chi connectivity index (χ1) is 7.63. The topological polar surface area (TPSA) is 90.7 Å². The standard InChI is InChI=1S/C9H12N2O4S/c10-3-4-11-16(12,13)7-1-2-8-9(5-7)15-6-14-8/h1-2,5,11H,3-4,6,10H2. The zero-order chi connectivity index (χ0) is 11.6. The quantitative estimate of drug-likeness (QED) is 0.755. The van der Waals surface area contributed by atoms with E-state index >= 15 is 0 Å². The molecule has 0 radical (unpaired) electrons. The second-order valence-electron chi connectivity index (χ2n) is 3.20. The summed E-state index contributed by atoms with van der Waals surface area (Å²) in [5, 5.41) is 0. The number of rotatable bonds is 4. The summed E-state index contributed by atoms with van der Waals surface area (Å²) < 4.78 is 36.0. The molecule has 0 aliphatic carbocycles. The summed E-state index contributed by atoms with van der Waals surface area (Å²) in [7, 11) is -3.51. The molecule has 1 aliphatic rings. The van der Waals surface area contributed by atoms with E-state index in [2.05, 4.69) is 4.72 Å². The van der Waals surface area contributed by atoms with Crippen molar-refractivity contribution in [2.75, 3.05) is 19.9 Å². The molecule has 0 unspecified atom stereocenters. The van der Waals surface area contributed by atoms with E-state index in [0.29, 0.717) is 11.5 Å². The predicted molar refractivity (Wildman–Crippen MR) is 56.8 cm³/mol. The van der Waals surface area contributed by atoms with Crippen LogP contribution < -0.4 is 19.9 Å². The lowest BCUT2D eigenvalue weighted by Crippen LogP contribution is -2.29. The van der Waals surface area contributed by atoms with Crippen molar-refractivity contribution >= 4 is 10.0 Å². The summed E-state index contributed by atoms with van der Waals surface area (Å²) in [5.41, 5.74) is 5.23. The van der Waals surface area contributed by atoms with Gasteiger partial charge in [-0.15, -0.1) is 0 Å². The third-order valence-corrected chi connectivity index (χ3v) is 3.55. The molecule has 0 saturated carbocycles. The molecule has 0 fully saturated rings. The smallest absolute Gasteiger partial charge is 0.240 e. The Labute approximate surface area is 93.4 Å². The fraction of sp³-hybridized carbons (Fsp3) is 0.333. The van der Waals surface area contributed by atoms with Gasteiger partial charge in [-0.25, -0.2) is 13.1 Å². The summed E-state index contributed by atoms with van der Waals surface area (Å²) >= 11 is 0. The average Bonchev–Trinajstić information content (AvgIpc) is 2.73. The minimum atomic E-state index is -3.51. The highest BCUT2D eigenvalue weighted by Gasteiger charge is 2.19. The van der Waals surface area contributed by atoms with Crippen LogP contribution in [0, 0.1) is 0 Å². The molecular formula is C9H12N2O4S. The van der Waals surface area contributed by atoms with Gasteiger partial charge in [0.1, 0.15) is 0 Å². The van der Waals surface area contributed by atoms with E-state index in [-0.39, 0.29) is 24.8 Å². The number of hydrogen-bond donors (Lipinski definition) is 2. The van der Waals surface area contributed by atoms with E-state index in [0.717, 1.165) is 0 Å². The first kappa shape index (κ1) is 11.2. The van der Waals surface area contributed by atoms with E-state index < -0.39 is 10.0 Å². The summed E-state index contributed by atoms with van der Waals surface area (Å²) in [4.78, 5) is 0.144. The fourth-order valence-electron chi connectivity index (χ4n) is 1.32.